The Balaban J connectivity index is 0.000000260. The highest BCUT2D eigenvalue weighted by molar-refractivity contribution is 9.11. The summed E-state index contributed by atoms with van der Waals surface area (Å²) in [5, 5.41) is 0.464. The third kappa shape index (κ3) is 9.96. The van der Waals surface area contributed by atoms with Gasteiger partial charge in [-0.15, -0.1) is 0 Å². The van der Waals surface area contributed by atoms with Gasteiger partial charge in [-0.05, 0) is 70.1 Å². The maximum atomic E-state index is 11.7. The van der Waals surface area contributed by atoms with E-state index in [2.05, 4.69) is 99.6 Å². The fraction of sp³-hybridized carbons (Fsp3) is 0.444. The second kappa shape index (κ2) is 14.9. The van der Waals surface area contributed by atoms with Gasteiger partial charge in [-0.3, -0.25) is 14.5 Å². The summed E-state index contributed by atoms with van der Waals surface area (Å²) < 4.78 is 1.74. The molecule has 2 N–H and O–H groups in total. The number of nitrogen functional groups attached to an aromatic ring is 1. The van der Waals surface area contributed by atoms with Gasteiger partial charge in [0, 0.05) is 24.3 Å². The van der Waals surface area contributed by atoms with E-state index in [9.17, 15) is 9.59 Å². The van der Waals surface area contributed by atoms with Crippen LogP contribution in [0.4, 0.5) is 11.9 Å². The highest BCUT2D eigenvalue weighted by Crippen LogP contribution is 2.24. The van der Waals surface area contributed by atoms with Crippen LogP contribution in [0.1, 0.15) is 24.2 Å². The topological polar surface area (TPSA) is 115 Å². The SMILES string of the molecule is Cc1nc(N)ncc1Br.Cc1nc(N2CCC(Br)C2=O)ncc1Br.O=C(Cl)C(Br)CCBr. The Bertz CT molecular complexity index is 939. The van der Waals surface area contributed by atoms with Crippen LogP contribution in [0.15, 0.2) is 21.3 Å². The highest BCUT2D eigenvalue weighted by Gasteiger charge is 2.32. The van der Waals surface area contributed by atoms with Crippen LogP contribution in [0, 0.1) is 13.8 Å². The predicted octanol–water partition coefficient (Wildman–Crippen LogP) is 5.48. The summed E-state index contributed by atoms with van der Waals surface area (Å²) in [5.74, 6) is 0.843. The zero-order chi connectivity index (χ0) is 24.4. The van der Waals surface area contributed by atoms with E-state index in [-0.39, 0.29) is 20.8 Å². The molecule has 3 rings (SSSR count). The molecule has 1 aliphatic heterocycles. The number of aryl methyl sites for hydroxylation is 2. The molecule has 176 valence electrons. The Hall–Kier alpha value is -0.210. The molecule has 1 fully saturated rings. The van der Waals surface area contributed by atoms with Crippen molar-refractivity contribution in [2.24, 2.45) is 0 Å². The summed E-state index contributed by atoms with van der Waals surface area (Å²) in [6, 6.07) is 0. The molecular formula is C18H20Br5ClN6O2. The quantitative estimate of drug-likeness (QED) is 0.323. The Morgan fingerprint density at radius 1 is 1.22 bits per heavy atom. The van der Waals surface area contributed by atoms with Crippen LogP contribution in [-0.2, 0) is 9.59 Å². The second-order valence-electron chi connectivity index (χ2n) is 6.26. The smallest absolute Gasteiger partial charge is 0.243 e. The van der Waals surface area contributed by atoms with E-state index >= 15 is 0 Å². The molecule has 3 heterocycles. The first-order chi connectivity index (χ1) is 15.0. The molecule has 2 aromatic rings. The molecular weight excluding hydrogens is 767 g/mol. The molecule has 0 saturated carbocycles. The normalized spacial score (nSPS) is 15.9. The lowest BCUT2D eigenvalue weighted by molar-refractivity contribution is -0.116. The molecule has 0 bridgehead atoms. The summed E-state index contributed by atoms with van der Waals surface area (Å²) in [7, 11) is 0. The lowest BCUT2D eigenvalue weighted by Gasteiger charge is -2.13. The number of rotatable bonds is 4. The third-order valence-corrected chi connectivity index (χ3v) is 8.10. The first kappa shape index (κ1) is 29.8. The standard InChI is InChI=1S/C9H9Br2N3O.C5H6BrN3.C4H5Br2ClO/c1-5-7(11)4-12-9(13-5)14-3-2-6(10)8(14)15;1-3-4(6)2-8-5(7)9-3;5-2-1-3(6)4(7)8/h4,6H,2-3H2,1H3;2H,1H3,(H2,7,8,9);3H,1-2H2. The molecule has 32 heavy (non-hydrogen) atoms. The van der Waals surface area contributed by atoms with Crippen LogP contribution < -0.4 is 10.6 Å². The zero-order valence-electron chi connectivity index (χ0n) is 17.0. The van der Waals surface area contributed by atoms with Crippen molar-refractivity contribution >= 4 is 114 Å². The van der Waals surface area contributed by atoms with Crippen LogP contribution in [0.5, 0.6) is 0 Å². The molecule has 0 aliphatic carbocycles. The Kier molecular flexibility index (Phi) is 13.9. The minimum atomic E-state index is -0.329. The Morgan fingerprint density at radius 3 is 2.16 bits per heavy atom. The molecule has 14 heteroatoms. The minimum Gasteiger partial charge on any atom is -0.368 e. The van der Waals surface area contributed by atoms with Crippen molar-refractivity contribution in [2.45, 2.75) is 36.3 Å². The van der Waals surface area contributed by atoms with Gasteiger partial charge in [0.1, 0.15) is 0 Å². The van der Waals surface area contributed by atoms with Gasteiger partial charge in [0.15, 0.2) is 0 Å². The monoisotopic (exact) mass is 782 g/mol. The molecule has 1 amide bonds. The van der Waals surface area contributed by atoms with Crippen molar-refractivity contribution in [1.29, 1.82) is 0 Å². The number of anilines is 2. The zero-order valence-corrected chi connectivity index (χ0v) is 25.7. The van der Waals surface area contributed by atoms with Gasteiger partial charge in [-0.1, -0.05) is 47.8 Å². The molecule has 2 unspecified atom stereocenters. The van der Waals surface area contributed by atoms with E-state index in [1.807, 2.05) is 13.8 Å². The number of aromatic nitrogens is 4. The van der Waals surface area contributed by atoms with Gasteiger partial charge in [0.25, 0.3) is 0 Å². The fourth-order valence-corrected chi connectivity index (χ4v) is 4.34. The van der Waals surface area contributed by atoms with Crippen molar-refractivity contribution in [3.8, 4) is 0 Å². The average Bonchev–Trinajstić information content (AvgIpc) is 3.07. The number of amides is 1. The second-order valence-corrected chi connectivity index (χ2v) is 11.3. The Labute approximate surface area is 233 Å². The molecule has 0 spiro atoms. The number of alkyl halides is 3. The van der Waals surface area contributed by atoms with Crippen LogP contribution in [-0.4, -0.2) is 52.6 Å². The van der Waals surface area contributed by atoms with E-state index in [0.29, 0.717) is 18.4 Å². The van der Waals surface area contributed by atoms with Gasteiger partial charge in [0.05, 0.1) is 30.0 Å². The van der Waals surface area contributed by atoms with Gasteiger partial charge >= 0.3 is 0 Å². The van der Waals surface area contributed by atoms with Crippen molar-refractivity contribution in [1.82, 2.24) is 19.9 Å². The lowest BCUT2D eigenvalue weighted by atomic mass is 10.4. The number of carbonyl (C=O) groups excluding carboxylic acids is 2. The number of nitrogens with two attached hydrogens (primary N) is 1. The number of nitrogens with zero attached hydrogens (tertiary/aromatic N) is 5. The first-order valence-electron chi connectivity index (χ1n) is 9.06. The van der Waals surface area contributed by atoms with Gasteiger partial charge in [0.2, 0.25) is 23.0 Å². The van der Waals surface area contributed by atoms with Crippen molar-refractivity contribution in [2.75, 3.05) is 22.5 Å². The summed E-state index contributed by atoms with van der Waals surface area (Å²) in [4.78, 5) is 39.3. The number of hydrogen-bond donors (Lipinski definition) is 1. The maximum absolute atomic E-state index is 11.7. The number of hydrogen-bond acceptors (Lipinski definition) is 7. The van der Waals surface area contributed by atoms with E-state index in [4.69, 9.17) is 17.3 Å². The van der Waals surface area contributed by atoms with Gasteiger partial charge in [-0.2, -0.15) is 0 Å². The number of carbonyl (C=O) groups is 2. The predicted molar refractivity (Wildman–Crippen MR) is 145 cm³/mol. The maximum Gasteiger partial charge on any atom is 0.243 e. The van der Waals surface area contributed by atoms with Crippen LogP contribution in [0.3, 0.4) is 0 Å². The fourth-order valence-electron chi connectivity index (χ4n) is 2.09. The van der Waals surface area contributed by atoms with Crippen molar-refractivity contribution in [3.63, 3.8) is 0 Å². The van der Waals surface area contributed by atoms with E-state index in [0.717, 1.165) is 38.5 Å². The summed E-state index contributed by atoms with van der Waals surface area (Å²) in [6.45, 7) is 4.42. The van der Waals surface area contributed by atoms with Crippen molar-refractivity contribution in [3.05, 3.63) is 32.7 Å². The minimum absolute atomic E-state index is 0.0386. The lowest BCUT2D eigenvalue weighted by Crippen LogP contribution is -2.29. The largest absolute Gasteiger partial charge is 0.368 e. The van der Waals surface area contributed by atoms with E-state index < -0.39 is 0 Å². The summed E-state index contributed by atoms with van der Waals surface area (Å²) >= 11 is 21.3. The first-order valence-corrected chi connectivity index (χ1v) is 14.0. The van der Waals surface area contributed by atoms with Gasteiger partial charge < -0.3 is 5.73 Å². The summed E-state index contributed by atoms with van der Waals surface area (Å²) in [6.07, 6.45) is 4.85. The van der Waals surface area contributed by atoms with Crippen LogP contribution >= 0.6 is 91.3 Å². The molecule has 0 radical (unpaired) electrons. The van der Waals surface area contributed by atoms with Crippen molar-refractivity contribution < 1.29 is 9.59 Å². The van der Waals surface area contributed by atoms with Crippen LogP contribution in [0.2, 0.25) is 0 Å². The van der Waals surface area contributed by atoms with Crippen LogP contribution in [0.25, 0.3) is 0 Å². The highest BCUT2D eigenvalue weighted by atomic mass is 79.9. The molecule has 1 aliphatic rings. The molecule has 2 atom stereocenters. The molecule has 1 saturated heterocycles. The number of halogens is 6. The average molecular weight is 787 g/mol. The Morgan fingerprint density at radius 2 is 1.78 bits per heavy atom. The molecule has 2 aromatic heterocycles. The summed E-state index contributed by atoms with van der Waals surface area (Å²) in [5.41, 5.74) is 6.99. The van der Waals surface area contributed by atoms with E-state index in [1.165, 1.54) is 0 Å². The third-order valence-electron chi connectivity index (χ3n) is 3.84. The molecule has 8 nitrogen and oxygen atoms in total. The molecule has 0 aromatic carbocycles. The van der Waals surface area contributed by atoms with E-state index in [1.54, 1.807) is 17.3 Å². The van der Waals surface area contributed by atoms with Gasteiger partial charge in [-0.25, -0.2) is 19.9 Å².